The van der Waals surface area contributed by atoms with Crippen molar-refractivity contribution in [3.05, 3.63) is 77.4 Å². The Bertz CT molecular complexity index is 1200. The van der Waals surface area contributed by atoms with Crippen LogP contribution in [0.4, 0.5) is 0 Å². The Balaban J connectivity index is 1.45. The number of carbonyl (C=O) groups is 1. The lowest BCUT2D eigenvalue weighted by Crippen LogP contribution is -2.86. The molecule has 8 heteroatoms. The van der Waals surface area contributed by atoms with Gasteiger partial charge in [-0.2, -0.15) is 4.31 Å². The molecule has 0 radical (unpaired) electrons. The zero-order chi connectivity index (χ0) is 25.3. The second-order valence-corrected chi connectivity index (χ2v) is 12.0. The van der Waals surface area contributed by atoms with E-state index in [0.29, 0.717) is 44.7 Å². The van der Waals surface area contributed by atoms with Crippen molar-refractivity contribution in [2.75, 3.05) is 32.9 Å². The summed E-state index contributed by atoms with van der Waals surface area (Å²) in [7, 11) is -3.73. The maximum absolute atomic E-state index is 13.7. The van der Waals surface area contributed by atoms with Crippen molar-refractivity contribution in [3.8, 4) is 0 Å². The van der Waals surface area contributed by atoms with Crippen molar-refractivity contribution < 1.29 is 23.1 Å². The van der Waals surface area contributed by atoms with Crippen LogP contribution in [0.25, 0.3) is 6.08 Å². The first kappa shape index (κ1) is 25.1. The minimum Gasteiger partial charge on any atom is -0.395 e. The highest BCUT2D eigenvalue weighted by atomic mass is 32.2. The lowest BCUT2D eigenvalue weighted by Gasteiger charge is -2.69. The number of nitrogens with zero attached hydrogens (tertiary/aromatic N) is 2. The van der Waals surface area contributed by atoms with E-state index < -0.39 is 21.6 Å². The molecule has 2 atom stereocenters. The van der Waals surface area contributed by atoms with Crippen LogP contribution in [0.1, 0.15) is 42.4 Å². The third-order valence-electron chi connectivity index (χ3n) is 7.85. The topological polar surface area (TPSA) is 87.2 Å². The average molecular weight is 511 g/mol. The Hall–Kier alpha value is -2.52. The van der Waals surface area contributed by atoms with Gasteiger partial charge in [0.15, 0.2) is 0 Å². The van der Waals surface area contributed by atoms with Gasteiger partial charge in [-0.15, -0.1) is 0 Å². The smallest absolute Gasteiger partial charge is 0.225 e. The molecule has 7 nitrogen and oxygen atoms in total. The molecule has 0 unspecified atom stereocenters. The molecule has 3 aliphatic rings. The monoisotopic (exact) mass is 510 g/mol. The highest BCUT2D eigenvalue weighted by molar-refractivity contribution is 7.88. The van der Waals surface area contributed by atoms with Crippen molar-refractivity contribution in [3.63, 3.8) is 0 Å². The van der Waals surface area contributed by atoms with Crippen LogP contribution in [0.2, 0.25) is 0 Å². The number of rotatable bonds is 7. The van der Waals surface area contributed by atoms with E-state index in [0.717, 1.165) is 11.1 Å². The summed E-state index contributed by atoms with van der Waals surface area (Å²) < 4.78 is 34.4. The fourth-order valence-corrected chi connectivity index (χ4v) is 8.38. The Labute approximate surface area is 213 Å². The first-order valence-corrected chi connectivity index (χ1v) is 14.3. The summed E-state index contributed by atoms with van der Waals surface area (Å²) in [5.74, 6) is -0.310. The summed E-state index contributed by atoms with van der Waals surface area (Å²) in [4.78, 5) is 15.0. The average Bonchev–Trinajstić information content (AvgIpc) is 2.84. The van der Waals surface area contributed by atoms with E-state index in [1.807, 2.05) is 61.5 Å². The number of hydrogen-bond donors (Lipinski definition) is 1. The number of aliphatic hydroxyl groups is 1. The number of ether oxygens (including phenoxy) is 1. The van der Waals surface area contributed by atoms with Gasteiger partial charge in [0.25, 0.3) is 0 Å². The predicted octanol–water partition coefficient (Wildman–Crippen LogP) is 3.02. The Morgan fingerprint density at radius 3 is 2.36 bits per heavy atom. The molecule has 3 heterocycles. The molecule has 0 aromatic heterocycles. The molecule has 1 amide bonds. The van der Waals surface area contributed by atoms with Gasteiger partial charge in [0.1, 0.15) is 0 Å². The van der Waals surface area contributed by atoms with Gasteiger partial charge in [0.2, 0.25) is 15.9 Å². The van der Waals surface area contributed by atoms with E-state index in [1.165, 1.54) is 4.31 Å². The van der Waals surface area contributed by atoms with Crippen LogP contribution in [0.5, 0.6) is 0 Å². The molecule has 3 fully saturated rings. The summed E-state index contributed by atoms with van der Waals surface area (Å²) >= 11 is 0. The van der Waals surface area contributed by atoms with Crippen molar-refractivity contribution >= 4 is 22.0 Å². The predicted molar refractivity (Wildman–Crippen MR) is 139 cm³/mol. The number of hydrogen-bond acceptors (Lipinski definition) is 5. The summed E-state index contributed by atoms with van der Waals surface area (Å²) in [6, 6.07) is 16.6. The van der Waals surface area contributed by atoms with E-state index in [4.69, 9.17) is 4.74 Å². The lowest BCUT2D eigenvalue weighted by atomic mass is 9.62. The number of likely N-dealkylation sites (tertiary alicyclic amines) is 1. The van der Waals surface area contributed by atoms with Gasteiger partial charge < -0.3 is 14.7 Å². The number of carbonyl (C=O) groups excluding carboxylic acids is 1. The number of amides is 1. The van der Waals surface area contributed by atoms with Crippen LogP contribution in [0, 0.1) is 5.92 Å². The number of aliphatic hydroxyl groups excluding tert-OH is 1. The summed E-state index contributed by atoms with van der Waals surface area (Å²) in [6.45, 7) is 3.54. The standard InChI is InChI=1S/C28H34N2O5S/c1-2-6-21-9-11-23(12-10-21)26-25(17-31)30(36(33,34)18-22-7-4-3-5-8-22)28(26)19-29(20-28)27(32)24-13-15-35-16-14-24/h2-12,24-26,31H,13-20H2,1H3/b6-2+/t25-,26-/m0/s1. The molecule has 3 saturated heterocycles. The molecule has 0 bridgehead atoms. The van der Waals surface area contributed by atoms with Crippen LogP contribution in [-0.2, 0) is 25.3 Å². The van der Waals surface area contributed by atoms with Gasteiger partial charge in [-0.25, -0.2) is 8.42 Å². The molecule has 0 saturated carbocycles. The minimum atomic E-state index is -3.73. The molecule has 36 heavy (non-hydrogen) atoms. The Morgan fingerprint density at radius 1 is 1.08 bits per heavy atom. The van der Waals surface area contributed by atoms with E-state index in [-0.39, 0.29) is 30.1 Å². The van der Waals surface area contributed by atoms with E-state index in [9.17, 15) is 18.3 Å². The maximum Gasteiger partial charge on any atom is 0.225 e. The van der Waals surface area contributed by atoms with Gasteiger partial charge in [-0.1, -0.05) is 66.7 Å². The van der Waals surface area contributed by atoms with Crippen LogP contribution in [0.15, 0.2) is 60.7 Å². The minimum absolute atomic E-state index is 0.0715. The van der Waals surface area contributed by atoms with Crippen molar-refractivity contribution in [2.45, 2.75) is 43.0 Å². The van der Waals surface area contributed by atoms with E-state index in [2.05, 4.69) is 0 Å². The van der Waals surface area contributed by atoms with Gasteiger partial charge in [-0.3, -0.25) is 4.79 Å². The first-order chi connectivity index (χ1) is 17.4. The maximum atomic E-state index is 13.7. The zero-order valence-corrected chi connectivity index (χ0v) is 21.4. The largest absolute Gasteiger partial charge is 0.395 e. The Morgan fingerprint density at radius 2 is 1.75 bits per heavy atom. The van der Waals surface area contributed by atoms with Crippen LogP contribution < -0.4 is 0 Å². The highest BCUT2D eigenvalue weighted by Gasteiger charge is 2.70. The van der Waals surface area contributed by atoms with Crippen molar-refractivity contribution in [1.82, 2.24) is 9.21 Å². The third kappa shape index (κ3) is 4.41. The summed E-state index contributed by atoms with van der Waals surface area (Å²) in [5.41, 5.74) is 2.02. The lowest BCUT2D eigenvalue weighted by molar-refractivity contribution is -0.173. The van der Waals surface area contributed by atoms with Crippen molar-refractivity contribution in [2.24, 2.45) is 5.92 Å². The fourth-order valence-electron chi connectivity index (χ4n) is 6.24. The molecule has 2 aromatic carbocycles. The third-order valence-corrected chi connectivity index (χ3v) is 9.78. The van der Waals surface area contributed by atoms with Gasteiger partial charge in [0.05, 0.1) is 23.9 Å². The summed E-state index contributed by atoms with van der Waals surface area (Å²) in [6.07, 6.45) is 5.39. The number of benzene rings is 2. The molecule has 192 valence electrons. The van der Waals surface area contributed by atoms with Gasteiger partial charge in [-0.05, 0) is 36.5 Å². The normalized spacial score (nSPS) is 24.6. The highest BCUT2D eigenvalue weighted by Crippen LogP contribution is 2.56. The molecular weight excluding hydrogens is 476 g/mol. The summed E-state index contributed by atoms with van der Waals surface area (Å²) in [5, 5.41) is 10.4. The van der Waals surface area contributed by atoms with Gasteiger partial charge in [0, 0.05) is 38.1 Å². The van der Waals surface area contributed by atoms with Crippen molar-refractivity contribution in [1.29, 1.82) is 0 Å². The zero-order valence-electron chi connectivity index (χ0n) is 20.6. The van der Waals surface area contributed by atoms with Crippen LogP contribution in [-0.4, -0.2) is 73.1 Å². The van der Waals surface area contributed by atoms with E-state index >= 15 is 0 Å². The number of allylic oxidation sites excluding steroid dienone is 1. The quantitative estimate of drug-likeness (QED) is 0.619. The molecule has 5 rings (SSSR count). The first-order valence-electron chi connectivity index (χ1n) is 12.7. The number of sulfonamides is 1. The van der Waals surface area contributed by atoms with Gasteiger partial charge >= 0.3 is 0 Å². The second kappa shape index (κ2) is 10.1. The SMILES string of the molecule is C/C=C/c1ccc([C@H]2[C@H](CO)N(S(=O)(=O)Cc3ccccc3)C23CN(C(=O)C2CCOCC2)C3)cc1. The van der Waals surface area contributed by atoms with E-state index in [1.54, 1.807) is 17.0 Å². The Kier molecular flexibility index (Phi) is 7.05. The van der Waals surface area contributed by atoms with Crippen LogP contribution >= 0.6 is 0 Å². The molecule has 3 aliphatic heterocycles. The molecular formula is C28H34N2O5S. The second-order valence-electron chi connectivity index (χ2n) is 10.1. The molecule has 2 aromatic rings. The molecule has 0 aliphatic carbocycles. The fraction of sp³-hybridized carbons (Fsp3) is 0.464. The van der Waals surface area contributed by atoms with Crippen LogP contribution in [0.3, 0.4) is 0 Å². The molecule has 1 spiro atoms. The molecule has 1 N–H and O–H groups in total.